The highest BCUT2D eigenvalue weighted by Crippen LogP contribution is 2.41. The molecule has 42 heavy (non-hydrogen) atoms. The number of ether oxygens (including phenoxy) is 1. The van der Waals surface area contributed by atoms with Crippen molar-refractivity contribution >= 4 is 12.0 Å². The van der Waals surface area contributed by atoms with E-state index < -0.39 is 75.7 Å². The lowest BCUT2D eigenvalue weighted by Crippen LogP contribution is -2.55. The molecule has 2 amide bonds. The Labute approximate surface area is 238 Å². The Hall–Kier alpha value is -3.38. The quantitative estimate of drug-likeness (QED) is 0.337. The third-order valence-electron chi connectivity index (χ3n) is 7.25. The summed E-state index contributed by atoms with van der Waals surface area (Å²) < 4.78 is 115. The monoisotopic (exact) mass is 608 g/mol. The number of rotatable bonds is 4. The Balaban J connectivity index is 2.03. The molecule has 0 radical (unpaired) electrons. The summed E-state index contributed by atoms with van der Waals surface area (Å²) in [6.45, 7) is 7.26. The number of benzene rings is 2. The van der Waals surface area contributed by atoms with Crippen molar-refractivity contribution < 1.29 is 49.4 Å². The van der Waals surface area contributed by atoms with Crippen LogP contribution in [0.15, 0.2) is 36.4 Å². The van der Waals surface area contributed by atoms with Crippen LogP contribution in [0.3, 0.4) is 0 Å². The van der Waals surface area contributed by atoms with Crippen molar-refractivity contribution in [3.8, 4) is 0 Å². The number of hydrogen-bond donors (Lipinski definition) is 0. The molecule has 0 unspecified atom stereocenters. The van der Waals surface area contributed by atoms with Crippen LogP contribution in [0, 0.1) is 11.6 Å². The van der Waals surface area contributed by atoms with Gasteiger partial charge in [-0.1, -0.05) is 6.07 Å². The number of alkyl halides is 6. The topological polar surface area (TPSA) is 49.9 Å². The minimum Gasteiger partial charge on any atom is -0.444 e. The molecule has 2 atom stereocenters. The predicted molar refractivity (Wildman–Crippen MR) is 138 cm³/mol. The van der Waals surface area contributed by atoms with Crippen molar-refractivity contribution in [1.82, 2.24) is 9.80 Å². The van der Waals surface area contributed by atoms with E-state index in [4.69, 9.17) is 4.74 Å². The Kier molecular flexibility index (Phi) is 8.97. The number of likely N-dealkylation sites (N-methyl/N-ethyl adjacent to an activating group) is 1. The highest BCUT2D eigenvalue weighted by molar-refractivity contribution is 5.87. The number of piperidine rings is 1. The lowest BCUT2D eigenvalue weighted by atomic mass is 9.79. The fourth-order valence-corrected chi connectivity index (χ4v) is 5.03. The molecule has 0 N–H and O–H groups in total. The van der Waals surface area contributed by atoms with Crippen LogP contribution < -0.4 is 0 Å². The summed E-state index contributed by atoms with van der Waals surface area (Å²) in [4.78, 5) is 29.1. The van der Waals surface area contributed by atoms with Gasteiger partial charge in [-0.2, -0.15) is 26.3 Å². The standard InChI is InChI=1S/C29H32F8N2O3/c1-26(2,3)42-25(41)39-10-9-23(21(15-39)20-8-7-19(30)14-22(20)31)38(6)24(40)27(4,5)16-11-17(28(32,33)34)13-18(12-16)29(35,36)37/h7-8,11-14,21,23H,9-10,15H2,1-6H3/t21-,23+/m1/s1. The van der Waals surface area contributed by atoms with E-state index >= 15 is 0 Å². The van der Waals surface area contributed by atoms with Crippen LogP contribution in [0.5, 0.6) is 0 Å². The number of likely N-dealkylation sites (tertiary alicyclic amines) is 1. The summed E-state index contributed by atoms with van der Waals surface area (Å²) in [5.74, 6) is -3.56. The van der Waals surface area contributed by atoms with E-state index in [0.29, 0.717) is 18.2 Å². The zero-order valence-corrected chi connectivity index (χ0v) is 23.9. The SMILES string of the molecule is CN(C(=O)C(C)(C)c1cc(C(F)(F)F)cc(C(F)(F)F)c1)[C@H]1CCN(C(=O)OC(C)(C)C)C[C@@H]1c1ccc(F)cc1F. The van der Waals surface area contributed by atoms with Gasteiger partial charge >= 0.3 is 18.4 Å². The molecule has 0 saturated carbocycles. The van der Waals surface area contributed by atoms with Gasteiger partial charge in [0.1, 0.15) is 17.2 Å². The molecule has 232 valence electrons. The van der Waals surface area contributed by atoms with E-state index in [9.17, 15) is 44.7 Å². The van der Waals surface area contributed by atoms with Crippen LogP contribution in [-0.4, -0.2) is 53.6 Å². The van der Waals surface area contributed by atoms with Gasteiger partial charge in [-0.25, -0.2) is 13.6 Å². The zero-order valence-electron chi connectivity index (χ0n) is 23.9. The summed E-state index contributed by atoms with van der Waals surface area (Å²) >= 11 is 0. The van der Waals surface area contributed by atoms with Gasteiger partial charge in [0, 0.05) is 38.2 Å². The van der Waals surface area contributed by atoms with Crippen LogP contribution in [-0.2, 0) is 27.3 Å². The molecular formula is C29H32F8N2O3. The average Bonchev–Trinajstić information content (AvgIpc) is 2.85. The van der Waals surface area contributed by atoms with Crippen molar-refractivity contribution in [2.24, 2.45) is 0 Å². The van der Waals surface area contributed by atoms with E-state index in [1.165, 1.54) is 31.9 Å². The average molecular weight is 609 g/mol. The molecule has 3 rings (SSSR count). The molecule has 5 nitrogen and oxygen atoms in total. The zero-order chi connectivity index (χ0) is 32.0. The Morgan fingerprint density at radius 2 is 1.38 bits per heavy atom. The fraction of sp³-hybridized carbons (Fsp3) is 0.517. The second-order valence-electron chi connectivity index (χ2n) is 11.9. The predicted octanol–water partition coefficient (Wildman–Crippen LogP) is 7.53. The smallest absolute Gasteiger partial charge is 0.416 e. The van der Waals surface area contributed by atoms with Crippen molar-refractivity contribution in [2.45, 2.75) is 76.4 Å². The second-order valence-corrected chi connectivity index (χ2v) is 11.9. The molecule has 0 bridgehead atoms. The molecule has 1 saturated heterocycles. The van der Waals surface area contributed by atoms with Crippen molar-refractivity contribution in [1.29, 1.82) is 0 Å². The molecule has 0 spiro atoms. The Morgan fingerprint density at radius 3 is 1.86 bits per heavy atom. The van der Waals surface area contributed by atoms with E-state index in [0.717, 1.165) is 11.0 Å². The largest absolute Gasteiger partial charge is 0.444 e. The number of hydrogen-bond acceptors (Lipinski definition) is 3. The molecule has 1 fully saturated rings. The van der Waals surface area contributed by atoms with E-state index in [1.54, 1.807) is 20.8 Å². The number of carbonyl (C=O) groups excluding carboxylic acids is 2. The Morgan fingerprint density at radius 1 is 0.857 bits per heavy atom. The Bertz CT molecular complexity index is 1300. The fourth-order valence-electron chi connectivity index (χ4n) is 5.03. The van der Waals surface area contributed by atoms with Gasteiger partial charge in [-0.05, 0) is 76.4 Å². The first kappa shape index (κ1) is 33.1. The summed E-state index contributed by atoms with van der Waals surface area (Å²) in [5, 5.41) is 0. The molecule has 13 heteroatoms. The molecule has 2 aromatic rings. The van der Waals surface area contributed by atoms with Crippen molar-refractivity contribution in [3.63, 3.8) is 0 Å². The van der Waals surface area contributed by atoms with Crippen LogP contribution in [0.4, 0.5) is 39.9 Å². The molecular weight excluding hydrogens is 576 g/mol. The highest BCUT2D eigenvalue weighted by atomic mass is 19.4. The maximum Gasteiger partial charge on any atom is 0.416 e. The van der Waals surface area contributed by atoms with Gasteiger partial charge < -0.3 is 14.5 Å². The molecule has 0 aliphatic carbocycles. The lowest BCUT2D eigenvalue weighted by molar-refractivity contribution is -0.144. The molecule has 2 aromatic carbocycles. The minimum atomic E-state index is -5.11. The normalized spacial score (nSPS) is 18.6. The number of amides is 2. The third-order valence-corrected chi connectivity index (χ3v) is 7.25. The maximum atomic E-state index is 15.0. The van der Waals surface area contributed by atoms with Gasteiger partial charge in [-0.15, -0.1) is 0 Å². The minimum absolute atomic E-state index is 0.0203. The van der Waals surface area contributed by atoms with Gasteiger partial charge in [-0.3, -0.25) is 4.79 Å². The van der Waals surface area contributed by atoms with Gasteiger partial charge in [0.25, 0.3) is 0 Å². The summed E-state index contributed by atoms with van der Waals surface area (Å²) in [5.41, 5.74) is -6.39. The van der Waals surface area contributed by atoms with E-state index in [-0.39, 0.29) is 31.1 Å². The van der Waals surface area contributed by atoms with Gasteiger partial charge in [0.2, 0.25) is 5.91 Å². The first-order chi connectivity index (χ1) is 19.0. The first-order valence-corrected chi connectivity index (χ1v) is 13.0. The van der Waals surface area contributed by atoms with Crippen molar-refractivity contribution in [2.75, 3.05) is 20.1 Å². The van der Waals surface area contributed by atoms with Crippen LogP contribution in [0.2, 0.25) is 0 Å². The molecule has 1 aliphatic heterocycles. The van der Waals surface area contributed by atoms with Gasteiger partial charge in [0.15, 0.2) is 0 Å². The molecule has 1 heterocycles. The van der Waals surface area contributed by atoms with Crippen LogP contribution >= 0.6 is 0 Å². The summed E-state index contributed by atoms with van der Waals surface area (Å²) in [6.07, 6.45) is -10.9. The highest BCUT2D eigenvalue weighted by Gasteiger charge is 2.44. The number of halogens is 8. The van der Waals surface area contributed by atoms with Crippen molar-refractivity contribution in [3.05, 3.63) is 70.3 Å². The lowest BCUT2D eigenvalue weighted by Gasteiger charge is -2.45. The molecule has 1 aliphatic rings. The van der Waals surface area contributed by atoms with Crippen LogP contribution in [0.1, 0.15) is 69.2 Å². The van der Waals surface area contributed by atoms with E-state index in [2.05, 4.69) is 0 Å². The summed E-state index contributed by atoms with van der Waals surface area (Å²) in [6, 6.07) is 2.96. The van der Waals surface area contributed by atoms with Gasteiger partial charge in [0.05, 0.1) is 16.5 Å². The third kappa shape index (κ3) is 7.33. The first-order valence-electron chi connectivity index (χ1n) is 13.0. The van der Waals surface area contributed by atoms with E-state index in [1.807, 2.05) is 0 Å². The number of nitrogens with zero attached hydrogens (tertiary/aromatic N) is 2. The van der Waals surface area contributed by atoms with Crippen LogP contribution in [0.25, 0.3) is 0 Å². The molecule has 0 aromatic heterocycles. The maximum absolute atomic E-state index is 15.0. The summed E-state index contributed by atoms with van der Waals surface area (Å²) in [7, 11) is 1.31. The number of carbonyl (C=O) groups is 2. The second kappa shape index (κ2) is 11.4.